The largest absolute Gasteiger partial charge is 0.502 e. The molecule has 0 saturated heterocycles. The van der Waals surface area contributed by atoms with Crippen LogP contribution in [-0.2, 0) is 18.3 Å². The topological polar surface area (TPSA) is 151 Å². The minimum Gasteiger partial charge on any atom is -0.502 e. The molecular formula is C46H56N2O9. The molecule has 0 amide bonds. The number of phenols is 1. The summed E-state index contributed by atoms with van der Waals surface area (Å²) >= 11 is 0. The molecule has 304 valence electrons. The third-order valence-corrected chi connectivity index (χ3v) is 13.0. The lowest BCUT2D eigenvalue weighted by atomic mass is 9.63. The average molecular weight is 781 g/mol. The molecule has 0 spiro atoms. The van der Waals surface area contributed by atoms with Crippen LogP contribution in [0.4, 0.5) is 5.69 Å². The number of fused-ring (bicyclic) bond motifs is 3. The SMILES string of the molecule is CCC[C@]1(C)CC[C@@H]([C@H](CO)COc2cc([C@H]3COc4cc5c6c(c4[C@H]3O)CCc3c(OC)cc(OCNCC)c(c3-6)[C@@H](O)N5)cc(OC)c2O)c2ccccc21. The van der Waals surface area contributed by atoms with Crippen molar-refractivity contribution in [2.24, 2.45) is 5.92 Å². The fourth-order valence-electron chi connectivity index (χ4n) is 10.1. The number of methoxy groups -OCH3 is 2. The van der Waals surface area contributed by atoms with Gasteiger partial charge in [-0.1, -0.05) is 51.5 Å². The van der Waals surface area contributed by atoms with Gasteiger partial charge in [0.1, 0.15) is 24.0 Å². The highest BCUT2D eigenvalue weighted by Gasteiger charge is 2.42. The van der Waals surface area contributed by atoms with E-state index in [-0.39, 0.29) is 61.1 Å². The number of aromatic hydroxyl groups is 1. The minimum atomic E-state index is -1.03. The molecule has 2 aliphatic heterocycles. The predicted octanol–water partition coefficient (Wildman–Crippen LogP) is 7.37. The number of rotatable bonds is 14. The van der Waals surface area contributed by atoms with Gasteiger partial charge in [-0.25, -0.2) is 0 Å². The summed E-state index contributed by atoms with van der Waals surface area (Å²) in [4.78, 5) is 0. The van der Waals surface area contributed by atoms with Crippen molar-refractivity contribution in [3.63, 3.8) is 0 Å². The van der Waals surface area contributed by atoms with Crippen LogP contribution in [0.2, 0.25) is 0 Å². The normalized spacial score (nSPS) is 23.2. The van der Waals surface area contributed by atoms with E-state index in [0.717, 1.165) is 60.2 Å². The van der Waals surface area contributed by atoms with Gasteiger partial charge in [0.15, 0.2) is 17.7 Å². The molecule has 0 fully saturated rings. The molecule has 2 aliphatic carbocycles. The lowest BCUT2D eigenvalue weighted by molar-refractivity contribution is 0.0875. The Balaban J connectivity index is 1.11. The second-order valence-electron chi connectivity index (χ2n) is 16.2. The van der Waals surface area contributed by atoms with Gasteiger partial charge in [0.2, 0.25) is 5.75 Å². The van der Waals surface area contributed by atoms with Crippen molar-refractivity contribution in [1.82, 2.24) is 5.32 Å². The fourth-order valence-corrected chi connectivity index (χ4v) is 10.1. The highest BCUT2D eigenvalue weighted by atomic mass is 16.5. The monoisotopic (exact) mass is 780 g/mol. The summed E-state index contributed by atoms with van der Waals surface area (Å²) in [5.74, 6) is 1.46. The van der Waals surface area contributed by atoms with Crippen molar-refractivity contribution in [3.05, 3.63) is 87.5 Å². The highest BCUT2D eigenvalue weighted by molar-refractivity contribution is 5.93. The molecule has 57 heavy (non-hydrogen) atoms. The Morgan fingerprint density at radius 1 is 0.930 bits per heavy atom. The first kappa shape index (κ1) is 39.2. The molecule has 6 atom stereocenters. The van der Waals surface area contributed by atoms with Crippen LogP contribution >= 0.6 is 0 Å². The summed E-state index contributed by atoms with van der Waals surface area (Å²) in [6.45, 7) is 7.86. The van der Waals surface area contributed by atoms with Crippen LogP contribution in [0, 0.1) is 5.92 Å². The van der Waals surface area contributed by atoms with E-state index < -0.39 is 18.2 Å². The standard InChI is InChI=1S/C46H56N2O9/c1-6-15-46(3)16-14-27(28-10-8-9-11-32(28)46)26(21-49)22-55-38-18-25(17-37(54-5)44(38)51)31-23-56-35-19-33-39-30(40(35)43(31)50)13-12-29-34(53-4)20-36(57-24-47-7-2)42(41(29)39)45(52)48-33/h8-11,17-20,26-27,31,43,45,47-52H,6-7,12-16,21-24H2,1-5H3/t26-,27+,31-,43+,45-,46-/m1/s1. The van der Waals surface area contributed by atoms with Gasteiger partial charge in [0, 0.05) is 58.5 Å². The smallest absolute Gasteiger partial charge is 0.200 e. The maximum atomic E-state index is 12.3. The zero-order valence-corrected chi connectivity index (χ0v) is 33.6. The van der Waals surface area contributed by atoms with E-state index in [9.17, 15) is 20.4 Å². The Morgan fingerprint density at radius 3 is 2.46 bits per heavy atom. The number of phenolic OH excluding ortho intramolecular Hbond substituents is 1. The summed E-state index contributed by atoms with van der Waals surface area (Å²) in [6, 6.07) is 15.8. The summed E-state index contributed by atoms with van der Waals surface area (Å²) in [7, 11) is 3.13. The summed E-state index contributed by atoms with van der Waals surface area (Å²) < 4.78 is 30.5. The lowest BCUT2D eigenvalue weighted by Crippen LogP contribution is -2.34. The van der Waals surface area contributed by atoms with E-state index in [4.69, 9.17) is 23.7 Å². The van der Waals surface area contributed by atoms with Gasteiger partial charge >= 0.3 is 0 Å². The molecule has 4 aromatic rings. The summed E-state index contributed by atoms with van der Waals surface area (Å²) in [6.07, 6.45) is 3.44. The van der Waals surface area contributed by atoms with Gasteiger partial charge in [-0.05, 0) is 84.4 Å². The third-order valence-electron chi connectivity index (χ3n) is 13.0. The van der Waals surface area contributed by atoms with E-state index in [2.05, 4.69) is 48.7 Å². The molecule has 0 radical (unpaired) electrons. The van der Waals surface area contributed by atoms with E-state index >= 15 is 0 Å². The molecule has 6 N–H and O–H groups in total. The first-order chi connectivity index (χ1) is 27.7. The second kappa shape index (κ2) is 15.9. The first-order valence-corrected chi connectivity index (χ1v) is 20.4. The van der Waals surface area contributed by atoms with Crippen molar-refractivity contribution in [2.75, 3.05) is 52.6 Å². The number of aliphatic hydroxyl groups is 3. The molecule has 2 heterocycles. The summed E-state index contributed by atoms with van der Waals surface area (Å²) in [5, 5.41) is 52.3. The number of hydrogen-bond donors (Lipinski definition) is 6. The molecule has 0 unspecified atom stereocenters. The van der Waals surface area contributed by atoms with Crippen LogP contribution in [0.3, 0.4) is 0 Å². The van der Waals surface area contributed by atoms with Crippen LogP contribution in [0.1, 0.15) is 110 Å². The number of nitrogens with one attached hydrogen (secondary N) is 2. The molecule has 0 bridgehead atoms. The average Bonchev–Trinajstić information content (AvgIpc) is 3.21. The quantitative estimate of drug-likeness (QED) is 0.0563. The molecular weight excluding hydrogens is 725 g/mol. The van der Waals surface area contributed by atoms with Gasteiger partial charge in [-0.15, -0.1) is 0 Å². The van der Waals surface area contributed by atoms with Gasteiger partial charge in [0.05, 0.1) is 39.1 Å². The fraction of sp³-hybridized carbons (Fsp3) is 0.478. The Hall–Kier alpha value is -4.68. The van der Waals surface area contributed by atoms with Crippen molar-refractivity contribution in [3.8, 4) is 45.6 Å². The van der Waals surface area contributed by atoms with E-state index in [1.54, 1.807) is 19.2 Å². The minimum absolute atomic E-state index is 0.0635. The lowest BCUT2D eigenvalue weighted by Gasteiger charge is -2.42. The maximum absolute atomic E-state index is 12.3. The van der Waals surface area contributed by atoms with Crippen LogP contribution < -0.4 is 34.3 Å². The number of anilines is 1. The van der Waals surface area contributed by atoms with E-state index in [1.807, 2.05) is 19.1 Å². The Bertz CT molecular complexity index is 2140. The van der Waals surface area contributed by atoms with E-state index in [0.29, 0.717) is 46.8 Å². The predicted molar refractivity (Wildman–Crippen MR) is 218 cm³/mol. The Labute approximate surface area is 334 Å². The first-order valence-electron chi connectivity index (χ1n) is 20.4. The van der Waals surface area contributed by atoms with Crippen LogP contribution in [0.5, 0.6) is 34.5 Å². The van der Waals surface area contributed by atoms with Crippen LogP contribution in [0.15, 0.2) is 48.5 Å². The van der Waals surface area contributed by atoms with E-state index in [1.165, 1.54) is 18.2 Å². The number of ether oxygens (including phenoxy) is 5. The number of hydrogen-bond acceptors (Lipinski definition) is 11. The van der Waals surface area contributed by atoms with Crippen LogP contribution in [-0.4, -0.2) is 67.7 Å². The van der Waals surface area contributed by atoms with Crippen molar-refractivity contribution < 1.29 is 44.1 Å². The third kappa shape index (κ3) is 6.72. The Kier molecular flexibility index (Phi) is 10.9. The molecule has 0 saturated carbocycles. The molecule has 11 nitrogen and oxygen atoms in total. The zero-order valence-electron chi connectivity index (χ0n) is 33.6. The Morgan fingerprint density at radius 2 is 1.70 bits per heavy atom. The summed E-state index contributed by atoms with van der Waals surface area (Å²) in [5.41, 5.74) is 9.13. The van der Waals surface area contributed by atoms with Gasteiger partial charge in [0.25, 0.3) is 0 Å². The molecule has 8 rings (SSSR count). The maximum Gasteiger partial charge on any atom is 0.200 e. The molecule has 11 heteroatoms. The van der Waals surface area contributed by atoms with Crippen molar-refractivity contribution in [2.45, 2.75) is 88.9 Å². The molecule has 4 aromatic carbocycles. The molecule has 0 aromatic heterocycles. The molecule has 4 aliphatic rings. The number of aliphatic hydroxyl groups excluding tert-OH is 3. The highest BCUT2D eigenvalue weighted by Crippen LogP contribution is 2.57. The van der Waals surface area contributed by atoms with Gasteiger partial charge in [-0.3, -0.25) is 5.32 Å². The second-order valence-corrected chi connectivity index (χ2v) is 16.2. The van der Waals surface area contributed by atoms with Gasteiger partial charge in [-0.2, -0.15) is 0 Å². The number of benzene rings is 4. The van der Waals surface area contributed by atoms with Crippen molar-refractivity contribution >= 4 is 5.69 Å². The van der Waals surface area contributed by atoms with Crippen LogP contribution in [0.25, 0.3) is 11.1 Å². The zero-order chi connectivity index (χ0) is 40.0. The van der Waals surface area contributed by atoms with Gasteiger partial charge < -0.3 is 49.4 Å². The van der Waals surface area contributed by atoms with Crippen molar-refractivity contribution in [1.29, 1.82) is 0 Å².